The van der Waals surface area contributed by atoms with Gasteiger partial charge in [-0.15, -0.1) is 12.4 Å². The van der Waals surface area contributed by atoms with Crippen LogP contribution >= 0.6 is 12.4 Å². The van der Waals surface area contributed by atoms with Gasteiger partial charge in [0, 0.05) is 24.2 Å². The van der Waals surface area contributed by atoms with Crippen LogP contribution < -0.4 is 15.4 Å². The number of hydrogen-bond donors (Lipinski definition) is 3. The molecule has 4 nitrogen and oxygen atoms in total. The molecule has 0 spiro atoms. The molecule has 0 bridgehead atoms. The molecule has 2 aromatic rings. The average molecular weight is 349 g/mol. The number of ether oxygens (including phenoxy) is 1. The van der Waals surface area contributed by atoms with Crippen molar-refractivity contribution in [3.05, 3.63) is 59.7 Å². The molecule has 0 aromatic heterocycles. The van der Waals surface area contributed by atoms with Crippen molar-refractivity contribution in [3.63, 3.8) is 0 Å². The summed E-state index contributed by atoms with van der Waals surface area (Å²) in [6, 6.07) is 16.5. The van der Waals surface area contributed by atoms with Gasteiger partial charge in [0.25, 0.3) is 0 Å². The summed E-state index contributed by atoms with van der Waals surface area (Å²) >= 11 is 0. The predicted octanol–water partition coefficient (Wildman–Crippen LogP) is 3.41. The zero-order chi connectivity index (χ0) is 16.1. The van der Waals surface area contributed by atoms with E-state index in [1.807, 2.05) is 6.07 Å². The molecule has 0 saturated carbocycles. The van der Waals surface area contributed by atoms with Gasteiger partial charge in [-0.05, 0) is 43.1 Å². The number of phenols is 1. The number of rotatable bonds is 5. The first-order chi connectivity index (χ1) is 11.3. The molecule has 1 fully saturated rings. The molecule has 5 heteroatoms. The highest BCUT2D eigenvalue weighted by molar-refractivity contribution is 5.85. The number of benzene rings is 2. The molecule has 3 rings (SSSR count). The highest BCUT2D eigenvalue weighted by atomic mass is 35.5. The highest BCUT2D eigenvalue weighted by Gasteiger charge is 2.25. The second kappa shape index (κ2) is 8.92. The van der Waals surface area contributed by atoms with Gasteiger partial charge in [0.1, 0.15) is 11.5 Å². The minimum Gasteiger partial charge on any atom is -0.508 e. The highest BCUT2D eigenvalue weighted by Crippen LogP contribution is 2.26. The van der Waals surface area contributed by atoms with Gasteiger partial charge in [0.15, 0.2) is 0 Å². The Bertz CT molecular complexity index is 637. The Balaban J connectivity index is 0.00000208. The van der Waals surface area contributed by atoms with Crippen LogP contribution in [0, 0.1) is 0 Å². The third kappa shape index (κ3) is 4.41. The van der Waals surface area contributed by atoms with Crippen LogP contribution in [0.5, 0.6) is 11.5 Å². The SMILES string of the molecule is COc1ccc(O)cc1CNC1CCCNC1c1ccccc1.Cl. The van der Waals surface area contributed by atoms with E-state index in [-0.39, 0.29) is 18.2 Å². The summed E-state index contributed by atoms with van der Waals surface area (Å²) in [7, 11) is 1.66. The molecular formula is C19H25ClN2O2. The second-order valence-electron chi connectivity index (χ2n) is 5.97. The summed E-state index contributed by atoms with van der Waals surface area (Å²) < 4.78 is 5.38. The predicted molar refractivity (Wildman–Crippen MR) is 99.0 cm³/mol. The normalized spacial score (nSPS) is 20.2. The Labute approximate surface area is 149 Å². The fourth-order valence-corrected chi connectivity index (χ4v) is 3.26. The van der Waals surface area contributed by atoms with E-state index in [2.05, 4.69) is 34.9 Å². The maximum Gasteiger partial charge on any atom is 0.123 e. The van der Waals surface area contributed by atoms with E-state index in [9.17, 15) is 5.11 Å². The molecule has 0 radical (unpaired) electrons. The minimum absolute atomic E-state index is 0. The Morgan fingerprint density at radius 2 is 2.00 bits per heavy atom. The fourth-order valence-electron chi connectivity index (χ4n) is 3.26. The molecule has 0 amide bonds. The standard InChI is InChI=1S/C19H24N2O2.ClH/c1-23-18-10-9-16(22)12-15(18)13-21-17-8-5-11-20-19(17)14-6-3-2-4-7-14;/h2-4,6-7,9-10,12,17,19-22H,5,8,11,13H2,1H3;1H. The molecule has 1 aliphatic heterocycles. The molecule has 1 saturated heterocycles. The van der Waals surface area contributed by atoms with Crippen LogP contribution in [0.1, 0.15) is 30.0 Å². The molecule has 1 aliphatic rings. The van der Waals surface area contributed by atoms with Crippen LogP contribution in [-0.4, -0.2) is 24.8 Å². The third-order valence-electron chi connectivity index (χ3n) is 4.44. The van der Waals surface area contributed by atoms with Gasteiger partial charge in [0.2, 0.25) is 0 Å². The Hall–Kier alpha value is -1.75. The first-order valence-corrected chi connectivity index (χ1v) is 8.15. The van der Waals surface area contributed by atoms with E-state index >= 15 is 0 Å². The summed E-state index contributed by atoms with van der Waals surface area (Å²) in [6.45, 7) is 1.72. The Morgan fingerprint density at radius 3 is 2.75 bits per heavy atom. The van der Waals surface area contributed by atoms with Crippen molar-refractivity contribution in [3.8, 4) is 11.5 Å². The van der Waals surface area contributed by atoms with Crippen molar-refractivity contribution >= 4 is 12.4 Å². The molecule has 1 heterocycles. The monoisotopic (exact) mass is 348 g/mol. The molecule has 130 valence electrons. The lowest BCUT2D eigenvalue weighted by atomic mass is 9.92. The van der Waals surface area contributed by atoms with E-state index in [0.29, 0.717) is 18.6 Å². The van der Waals surface area contributed by atoms with Crippen molar-refractivity contribution in [2.45, 2.75) is 31.5 Å². The van der Waals surface area contributed by atoms with Crippen molar-refractivity contribution in [1.82, 2.24) is 10.6 Å². The van der Waals surface area contributed by atoms with Crippen LogP contribution in [0.25, 0.3) is 0 Å². The van der Waals surface area contributed by atoms with Crippen molar-refractivity contribution in [2.75, 3.05) is 13.7 Å². The maximum atomic E-state index is 9.70. The molecule has 0 aliphatic carbocycles. The molecule has 2 aromatic carbocycles. The summed E-state index contributed by atoms with van der Waals surface area (Å²) in [5.74, 6) is 1.07. The van der Waals surface area contributed by atoms with Crippen LogP contribution in [0.2, 0.25) is 0 Å². The van der Waals surface area contributed by atoms with Crippen LogP contribution in [0.4, 0.5) is 0 Å². The molecule has 24 heavy (non-hydrogen) atoms. The van der Waals surface area contributed by atoms with Crippen LogP contribution in [0.15, 0.2) is 48.5 Å². The second-order valence-corrected chi connectivity index (χ2v) is 5.97. The minimum atomic E-state index is 0. The zero-order valence-electron chi connectivity index (χ0n) is 13.9. The molecule has 2 unspecified atom stereocenters. The smallest absolute Gasteiger partial charge is 0.123 e. The number of halogens is 1. The summed E-state index contributed by atoms with van der Waals surface area (Å²) in [5, 5.41) is 17.0. The fraction of sp³-hybridized carbons (Fsp3) is 0.368. The lowest BCUT2D eigenvalue weighted by Crippen LogP contribution is -2.45. The lowest BCUT2D eigenvalue weighted by Gasteiger charge is -2.34. The van der Waals surface area contributed by atoms with Crippen molar-refractivity contribution < 1.29 is 9.84 Å². The lowest BCUT2D eigenvalue weighted by molar-refractivity contribution is 0.302. The number of phenolic OH excluding ortho intramolecular Hbond substituents is 1. The summed E-state index contributed by atoms with van der Waals surface area (Å²) in [6.07, 6.45) is 2.30. The molecular weight excluding hydrogens is 324 g/mol. The van der Waals surface area contributed by atoms with Gasteiger partial charge >= 0.3 is 0 Å². The Morgan fingerprint density at radius 1 is 1.21 bits per heavy atom. The van der Waals surface area contributed by atoms with Gasteiger partial charge in [-0.1, -0.05) is 30.3 Å². The maximum absolute atomic E-state index is 9.70. The topological polar surface area (TPSA) is 53.5 Å². The number of hydrogen-bond acceptors (Lipinski definition) is 4. The van der Waals surface area contributed by atoms with Crippen LogP contribution in [0.3, 0.4) is 0 Å². The Kier molecular flexibility index (Phi) is 6.91. The van der Waals surface area contributed by atoms with E-state index < -0.39 is 0 Å². The first-order valence-electron chi connectivity index (χ1n) is 8.15. The molecule has 3 N–H and O–H groups in total. The van der Waals surface area contributed by atoms with E-state index in [1.54, 1.807) is 25.3 Å². The molecule has 2 atom stereocenters. The van der Waals surface area contributed by atoms with Gasteiger partial charge < -0.3 is 20.5 Å². The average Bonchev–Trinajstić information content (AvgIpc) is 2.61. The number of methoxy groups -OCH3 is 1. The number of piperidine rings is 1. The van der Waals surface area contributed by atoms with Crippen molar-refractivity contribution in [1.29, 1.82) is 0 Å². The van der Waals surface area contributed by atoms with Gasteiger partial charge in [-0.25, -0.2) is 0 Å². The van der Waals surface area contributed by atoms with E-state index in [4.69, 9.17) is 4.74 Å². The van der Waals surface area contributed by atoms with Gasteiger partial charge in [-0.2, -0.15) is 0 Å². The number of aromatic hydroxyl groups is 1. The van der Waals surface area contributed by atoms with Gasteiger partial charge in [-0.3, -0.25) is 0 Å². The third-order valence-corrected chi connectivity index (χ3v) is 4.44. The first kappa shape index (κ1) is 18.6. The van der Waals surface area contributed by atoms with Crippen molar-refractivity contribution in [2.24, 2.45) is 0 Å². The van der Waals surface area contributed by atoms with Crippen LogP contribution in [-0.2, 0) is 6.54 Å². The van der Waals surface area contributed by atoms with E-state index in [1.165, 1.54) is 5.56 Å². The van der Waals surface area contributed by atoms with Gasteiger partial charge in [0.05, 0.1) is 7.11 Å². The number of nitrogens with one attached hydrogen (secondary N) is 2. The zero-order valence-corrected chi connectivity index (χ0v) is 14.7. The largest absolute Gasteiger partial charge is 0.508 e. The van der Waals surface area contributed by atoms with E-state index in [0.717, 1.165) is 30.7 Å². The summed E-state index contributed by atoms with van der Waals surface area (Å²) in [4.78, 5) is 0. The summed E-state index contributed by atoms with van der Waals surface area (Å²) in [5.41, 5.74) is 2.29. The quantitative estimate of drug-likeness (QED) is 0.775.